The standard InChI is InChI=1S/C4H12BN/c1-3-4(2)6-5/h4,6H,3,5H2,1-2H3. The van der Waals surface area contributed by atoms with Crippen molar-refractivity contribution in [3.8, 4) is 0 Å². The average molecular weight is 85.0 g/mol. The molecule has 0 bridgehead atoms. The summed E-state index contributed by atoms with van der Waals surface area (Å²) in [5, 5.41) is 3.11. The molecule has 0 aromatic heterocycles. The molecular formula is C4H12BN. The van der Waals surface area contributed by atoms with E-state index in [1.165, 1.54) is 6.42 Å². The molecule has 0 aliphatic rings. The van der Waals surface area contributed by atoms with Gasteiger partial charge < -0.3 is 5.23 Å². The van der Waals surface area contributed by atoms with E-state index < -0.39 is 0 Å². The molecule has 0 aromatic rings. The van der Waals surface area contributed by atoms with Crippen LogP contribution in [0.1, 0.15) is 20.3 Å². The fourth-order valence-electron chi connectivity index (χ4n) is 0.204. The van der Waals surface area contributed by atoms with Crippen LogP contribution in [-0.2, 0) is 0 Å². The highest BCUT2D eigenvalue weighted by Crippen LogP contribution is 1.82. The predicted octanol–water partition coefficient (Wildman–Crippen LogP) is -0.0774. The molecule has 0 saturated carbocycles. The van der Waals surface area contributed by atoms with Crippen LogP contribution in [0, 0.1) is 0 Å². The molecule has 0 heterocycles. The first kappa shape index (κ1) is 6.02. The Hall–Kier alpha value is 0.0249. The third kappa shape index (κ3) is 2.27. The Morgan fingerprint density at radius 1 is 1.83 bits per heavy atom. The van der Waals surface area contributed by atoms with E-state index in [1.54, 1.807) is 0 Å². The van der Waals surface area contributed by atoms with Crippen molar-refractivity contribution >= 4 is 7.98 Å². The van der Waals surface area contributed by atoms with Gasteiger partial charge in [-0.1, -0.05) is 13.8 Å². The van der Waals surface area contributed by atoms with Crippen LogP contribution in [0.5, 0.6) is 0 Å². The smallest absolute Gasteiger partial charge is 0.182 e. The second-order valence-corrected chi connectivity index (χ2v) is 1.60. The zero-order valence-corrected chi connectivity index (χ0v) is 4.78. The summed E-state index contributed by atoms with van der Waals surface area (Å²) in [6.45, 7) is 4.33. The van der Waals surface area contributed by atoms with Crippen LogP contribution < -0.4 is 5.23 Å². The van der Waals surface area contributed by atoms with E-state index in [0.717, 1.165) is 0 Å². The molecule has 6 heavy (non-hydrogen) atoms. The number of rotatable bonds is 2. The summed E-state index contributed by atoms with van der Waals surface area (Å²) < 4.78 is 0. The minimum atomic E-state index is 0.685. The van der Waals surface area contributed by atoms with Gasteiger partial charge in [-0.2, -0.15) is 0 Å². The minimum Gasteiger partial charge on any atom is -0.360 e. The maximum Gasteiger partial charge on any atom is 0.182 e. The minimum absolute atomic E-state index is 0.685. The molecule has 0 rings (SSSR count). The first-order chi connectivity index (χ1) is 2.81. The molecule has 1 unspecified atom stereocenters. The Morgan fingerprint density at radius 2 is 2.33 bits per heavy atom. The van der Waals surface area contributed by atoms with E-state index in [2.05, 4.69) is 19.1 Å². The van der Waals surface area contributed by atoms with Gasteiger partial charge in [-0.05, 0) is 12.5 Å². The van der Waals surface area contributed by atoms with Gasteiger partial charge in [-0.3, -0.25) is 0 Å². The highest BCUT2D eigenvalue weighted by atomic mass is 14.8. The summed E-state index contributed by atoms with van der Waals surface area (Å²) in [5.74, 6) is 0. The molecule has 0 spiro atoms. The Morgan fingerprint density at radius 3 is 2.33 bits per heavy atom. The van der Waals surface area contributed by atoms with Crippen LogP contribution in [-0.4, -0.2) is 14.0 Å². The van der Waals surface area contributed by atoms with Crippen LogP contribution in [0.2, 0.25) is 0 Å². The average Bonchev–Trinajstić information content (AvgIpc) is 1.65. The third-order valence-electron chi connectivity index (χ3n) is 1.11. The molecule has 1 atom stereocenters. The Kier molecular flexibility index (Phi) is 3.24. The van der Waals surface area contributed by atoms with Gasteiger partial charge in [0.05, 0.1) is 0 Å². The summed E-state index contributed by atoms with van der Waals surface area (Å²) in [6, 6.07) is 0.685. The highest BCUT2D eigenvalue weighted by molar-refractivity contribution is 6.04. The number of nitrogens with one attached hydrogen (secondary N) is 1. The quantitative estimate of drug-likeness (QED) is 0.462. The summed E-state index contributed by atoms with van der Waals surface area (Å²) in [4.78, 5) is 0. The first-order valence-corrected chi connectivity index (χ1v) is 2.48. The maximum absolute atomic E-state index is 3.11. The Labute approximate surface area is 40.6 Å². The Balaban J connectivity index is 2.75. The maximum atomic E-state index is 3.11. The van der Waals surface area contributed by atoms with E-state index in [4.69, 9.17) is 0 Å². The van der Waals surface area contributed by atoms with E-state index >= 15 is 0 Å². The fourth-order valence-corrected chi connectivity index (χ4v) is 0.204. The van der Waals surface area contributed by atoms with Crippen molar-refractivity contribution in [2.75, 3.05) is 0 Å². The lowest BCUT2D eigenvalue weighted by Crippen LogP contribution is -2.20. The van der Waals surface area contributed by atoms with E-state index in [-0.39, 0.29) is 0 Å². The molecule has 2 heteroatoms. The lowest BCUT2D eigenvalue weighted by atomic mass is 10.2. The molecule has 1 N–H and O–H groups in total. The zero-order chi connectivity index (χ0) is 4.99. The predicted molar refractivity (Wildman–Crippen MR) is 31.4 cm³/mol. The van der Waals surface area contributed by atoms with E-state index in [0.29, 0.717) is 6.04 Å². The van der Waals surface area contributed by atoms with Gasteiger partial charge in [0.2, 0.25) is 0 Å². The second kappa shape index (κ2) is 3.22. The van der Waals surface area contributed by atoms with E-state index in [9.17, 15) is 0 Å². The van der Waals surface area contributed by atoms with Crippen molar-refractivity contribution in [2.45, 2.75) is 26.3 Å². The third-order valence-corrected chi connectivity index (χ3v) is 1.11. The summed E-state index contributed by atoms with van der Waals surface area (Å²) in [7, 11) is 1.98. The second-order valence-electron chi connectivity index (χ2n) is 1.60. The van der Waals surface area contributed by atoms with Crippen LogP contribution in [0.4, 0.5) is 0 Å². The van der Waals surface area contributed by atoms with Crippen molar-refractivity contribution < 1.29 is 0 Å². The van der Waals surface area contributed by atoms with Gasteiger partial charge >= 0.3 is 0 Å². The molecule has 0 fully saturated rings. The van der Waals surface area contributed by atoms with Gasteiger partial charge in [0.1, 0.15) is 0 Å². The number of hydrogen-bond acceptors (Lipinski definition) is 1. The molecule has 0 radical (unpaired) electrons. The van der Waals surface area contributed by atoms with Gasteiger partial charge in [-0.25, -0.2) is 0 Å². The SMILES string of the molecule is BNC(C)CC. The molecular weight excluding hydrogens is 72.9 g/mol. The highest BCUT2D eigenvalue weighted by Gasteiger charge is 1.86. The normalized spacial score (nSPS) is 14.3. The van der Waals surface area contributed by atoms with Gasteiger partial charge in [-0.15, -0.1) is 0 Å². The van der Waals surface area contributed by atoms with Crippen molar-refractivity contribution in [3.05, 3.63) is 0 Å². The summed E-state index contributed by atoms with van der Waals surface area (Å²) in [6.07, 6.45) is 1.22. The molecule has 0 amide bonds. The Bertz CT molecular complexity index is 26.7. The lowest BCUT2D eigenvalue weighted by molar-refractivity contribution is 0.661. The number of hydrogen-bond donors (Lipinski definition) is 1. The molecule has 0 aromatic carbocycles. The van der Waals surface area contributed by atoms with Gasteiger partial charge in [0, 0.05) is 0 Å². The largest absolute Gasteiger partial charge is 0.360 e. The van der Waals surface area contributed by atoms with Crippen LogP contribution >= 0.6 is 0 Å². The van der Waals surface area contributed by atoms with Crippen molar-refractivity contribution in [1.82, 2.24) is 5.23 Å². The molecule has 36 valence electrons. The van der Waals surface area contributed by atoms with E-state index in [1.807, 2.05) is 7.98 Å². The zero-order valence-electron chi connectivity index (χ0n) is 4.78. The molecule has 0 saturated heterocycles. The van der Waals surface area contributed by atoms with Crippen LogP contribution in [0.25, 0.3) is 0 Å². The van der Waals surface area contributed by atoms with Crippen LogP contribution in [0.15, 0.2) is 0 Å². The fraction of sp³-hybridized carbons (Fsp3) is 1.00. The van der Waals surface area contributed by atoms with Crippen molar-refractivity contribution in [2.24, 2.45) is 0 Å². The lowest BCUT2D eigenvalue weighted by Gasteiger charge is -2.02. The summed E-state index contributed by atoms with van der Waals surface area (Å²) in [5.41, 5.74) is 0. The van der Waals surface area contributed by atoms with Crippen molar-refractivity contribution in [3.63, 3.8) is 0 Å². The summed E-state index contributed by atoms with van der Waals surface area (Å²) >= 11 is 0. The van der Waals surface area contributed by atoms with Gasteiger partial charge in [0.15, 0.2) is 7.98 Å². The van der Waals surface area contributed by atoms with Crippen LogP contribution in [0.3, 0.4) is 0 Å². The topological polar surface area (TPSA) is 12.0 Å². The monoisotopic (exact) mass is 85.1 g/mol. The molecule has 0 aliphatic heterocycles. The van der Waals surface area contributed by atoms with Gasteiger partial charge in [0.25, 0.3) is 0 Å². The molecule has 0 aliphatic carbocycles. The molecule has 1 nitrogen and oxygen atoms in total. The van der Waals surface area contributed by atoms with Crippen molar-refractivity contribution in [1.29, 1.82) is 0 Å². The first-order valence-electron chi connectivity index (χ1n) is 2.48.